The molecule has 0 radical (unpaired) electrons. The predicted octanol–water partition coefficient (Wildman–Crippen LogP) is 4.42. The van der Waals surface area contributed by atoms with Crippen molar-refractivity contribution in [3.8, 4) is 0 Å². The molecule has 2 atom stereocenters. The number of alkyl halides is 3. The number of ether oxygens (including phenoxy) is 1. The lowest BCUT2D eigenvalue weighted by Crippen LogP contribution is -2.28. The monoisotopic (exact) mass is 303 g/mol. The summed E-state index contributed by atoms with van der Waals surface area (Å²) in [5.41, 5.74) is 0.282. The summed E-state index contributed by atoms with van der Waals surface area (Å²) in [7, 11) is 1.65. The van der Waals surface area contributed by atoms with Crippen LogP contribution in [0.1, 0.15) is 43.9 Å². The van der Waals surface area contributed by atoms with Crippen molar-refractivity contribution in [2.75, 3.05) is 20.3 Å². The first-order valence-corrected chi connectivity index (χ1v) is 7.29. The lowest BCUT2D eigenvalue weighted by atomic mass is 9.91. The van der Waals surface area contributed by atoms with Crippen LogP contribution in [0.4, 0.5) is 13.2 Å². The molecule has 0 aliphatic rings. The largest absolute Gasteiger partial charge is 0.416 e. The highest BCUT2D eigenvalue weighted by Gasteiger charge is 2.30. The van der Waals surface area contributed by atoms with Gasteiger partial charge in [0.05, 0.1) is 5.56 Å². The van der Waals surface area contributed by atoms with Crippen LogP contribution >= 0.6 is 0 Å². The van der Waals surface area contributed by atoms with Crippen molar-refractivity contribution in [1.29, 1.82) is 0 Å². The number of methoxy groups -OCH3 is 1. The SMILES string of the molecule is CCCNC(c1ccc(C(F)(F)F)cc1)C(C)CCOC. The predicted molar refractivity (Wildman–Crippen MR) is 78.1 cm³/mol. The van der Waals surface area contributed by atoms with E-state index in [1.165, 1.54) is 0 Å². The van der Waals surface area contributed by atoms with Gasteiger partial charge in [0.25, 0.3) is 0 Å². The van der Waals surface area contributed by atoms with Gasteiger partial charge in [-0.05, 0) is 43.0 Å². The fourth-order valence-electron chi connectivity index (χ4n) is 2.30. The minimum atomic E-state index is -4.29. The van der Waals surface area contributed by atoms with Crippen molar-refractivity contribution in [3.63, 3.8) is 0 Å². The zero-order chi connectivity index (χ0) is 15.9. The van der Waals surface area contributed by atoms with E-state index in [-0.39, 0.29) is 12.0 Å². The van der Waals surface area contributed by atoms with E-state index in [0.29, 0.717) is 6.61 Å². The van der Waals surface area contributed by atoms with Crippen LogP contribution in [0, 0.1) is 5.92 Å². The van der Waals surface area contributed by atoms with Crippen LogP contribution in [0.25, 0.3) is 0 Å². The Morgan fingerprint density at radius 1 is 1.19 bits per heavy atom. The molecule has 1 aromatic rings. The molecule has 1 N–H and O–H groups in total. The normalized spacial score (nSPS) is 15.0. The second kappa shape index (κ2) is 8.39. The van der Waals surface area contributed by atoms with E-state index < -0.39 is 11.7 Å². The van der Waals surface area contributed by atoms with Crippen molar-refractivity contribution in [3.05, 3.63) is 35.4 Å². The van der Waals surface area contributed by atoms with E-state index in [1.807, 2.05) is 0 Å². The van der Waals surface area contributed by atoms with Crippen LogP contribution in [-0.2, 0) is 10.9 Å². The van der Waals surface area contributed by atoms with Crippen molar-refractivity contribution in [2.45, 2.75) is 38.9 Å². The number of nitrogens with one attached hydrogen (secondary N) is 1. The van der Waals surface area contributed by atoms with Gasteiger partial charge in [-0.2, -0.15) is 13.2 Å². The molecule has 0 aliphatic carbocycles. The Kier molecular flexibility index (Phi) is 7.18. The van der Waals surface area contributed by atoms with E-state index in [0.717, 1.165) is 37.1 Å². The number of halogens is 3. The van der Waals surface area contributed by atoms with Crippen molar-refractivity contribution < 1.29 is 17.9 Å². The van der Waals surface area contributed by atoms with E-state index in [9.17, 15) is 13.2 Å². The molecule has 21 heavy (non-hydrogen) atoms. The molecule has 120 valence electrons. The molecule has 0 fully saturated rings. The Morgan fingerprint density at radius 3 is 2.29 bits per heavy atom. The third kappa shape index (κ3) is 5.67. The first-order valence-electron chi connectivity index (χ1n) is 7.29. The maximum atomic E-state index is 12.6. The molecule has 0 amide bonds. The second-order valence-corrected chi connectivity index (χ2v) is 5.31. The van der Waals surface area contributed by atoms with Crippen LogP contribution in [-0.4, -0.2) is 20.3 Å². The number of hydrogen-bond donors (Lipinski definition) is 1. The molecule has 0 aliphatic heterocycles. The van der Waals surface area contributed by atoms with Gasteiger partial charge in [0.1, 0.15) is 0 Å². The molecule has 0 heterocycles. The molecule has 0 aromatic heterocycles. The number of rotatable bonds is 8. The molecular weight excluding hydrogens is 279 g/mol. The maximum absolute atomic E-state index is 12.6. The zero-order valence-corrected chi connectivity index (χ0v) is 12.8. The molecule has 2 nitrogen and oxygen atoms in total. The quantitative estimate of drug-likeness (QED) is 0.767. The molecule has 1 rings (SSSR count). The van der Waals surface area contributed by atoms with Crippen LogP contribution in [0.2, 0.25) is 0 Å². The Hall–Kier alpha value is -1.07. The molecule has 1 aromatic carbocycles. The highest BCUT2D eigenvalue weighted by Crippen LogP contribution is 2.31. The van der Waals surface area contributed by atoms with Gasteiger partial charge in [-0.25, -0.2) is 0 Å². The Morgan fingerprint density at radius 2 is 1.81 bits per heavy atom. The summed E-state index contributed by atoms with van der Waals surface area (Å²) in [5, 5.41) is 3.42. The minimum absolute atomic E-state index is 0.0439. The van der Waals surface area contributed by atoms with Gasteiger partial charge in [-0.3, -0.25) is 0 Å². The van der Waals surface area contributed by atoms with Crippen molar-refractivity contribution >= 4 is 0 Å². The van der Waals surface area contributed by atoms with Crippen LogP contribution in [0.5, 0.6) is 0 Å². The first kappa shape index (κ1) is 18.0. The third-order valence-corrected chi connectivity index (χ3v) is 3.56. The molecule has 2 unspecified atom stereocenters. The van der Waals surface area contributed by atoms with E-state index in [4.69, 9.17) is 4.74 Å². The highest BCUT2D eigenvalue weighted by molar-refractivity contribution is 5.27. The van der Waals surface area contributed by atoms with E-state index in [1.54, 1.807) is 19.2 Å². The van der Waals surface area contributed by atoms with E-state index >= 15 is 0 Å². The summed E-state index contributed by atoms with van der Waals surface area (Å²) >= 11 is 0. The Bertz CT molecular complexity index is 403. The highest BCUT2D eigenvalue weighted by atomic mass is 19.4. The van der Waals surface area contributed by atoms with Gasteiger partial charge in [0.15, 0.2) is 0 Å². The van der Waals surface area contributed by atoms with Crippen LogP contribution in [0.15, 0.2) is 24.3 Å². The molecule has 0 saturated heterocycles. The van der Waals surface area contributed by atoms with Crippen LogP contribution < -0.4 is 5.32 Å². The molecule has 5 heteroatoms. The lowest BCUT2D eigenvalue weighted by Gasteiger charge is -2.26. The van der Waals surface area contributed by atoms with Gasteiger partial charge < -0.3 is 10.1 Å². The van der Waals surface area contributed by atoms with Gasteiger partial charge in [0.2, 0.25) is 0 Å². The summed E-state index contributed by atoms with van der Waals surface area (Å²) < 4.78 is 42.9. The topological polar surface area (TPSA) is 21.3 Å². The van der Waals surface area contributed by atoms with Gasteiger partial charge in [-0.15, -0.1) is 0 Å². The number of hydrogen-bond acceptors (Lipinski definition) is 2. The summed E-state index contributed by atoms with van der Waals surface area (Å²) in [6.45, 7) is 5.63. The lowest BCUT2D eigenvalue weighted by molar-refractivity contribution is -0.137. The van der Waals surface area contributed by atoms with Crippen molar-refractivity contribution in [2.24, 2.45) is 5.92 Å². The summed E-state index contributed by atoms with van der Waals surface area (Å²) in [4.78, 5) is 0. The van der Waals surface area contributed by atoms with Gasteiger partial charge >= 0.3 is 6.18 Å². The van der Waals surface area contributed by atoms with E-state index in [2.05, 4.69) is 19.2 Å². The fraction of sp³-hybridized carbons (Fsp3) is 0.625. The second-order valence-electron chi connectivity index (χ2n) is 5.31. The average Bonchev–Trinajstić information content (AvgIpc) is 2.45. The minimum Gasteiger partial charge on any atom is -0.385 e. The summed E-state index contributed by atoms with van der Waals surface area (Å²) in [6.07, 6.45) is -2.44. The molecule has 0 spiro atoms. The average molecular weight is 303 g/mol. The summed E-state index contributed by atoms with van der Waals surface area (Å²) in [5.74, 6) is 0.285. The van der Waals surface area contributed by atoms with Crippen molar-refractivity contribution in [1.82, 2.24) is 5.32 Å². The maximum Gasteiger partial charge on any atom is 0.416 e. The number of benzene rings is 1. The molecule has 0 saturated carbocycles. The summed E-state index contributed by atoms with van der Waals surface area (Å²) in [6, 6.07) is 5.49. The van der Waals surface area contributed by atoms with Gasteiger partial charge in [0, 0.05) is 19.8 Å². The zero-order valence-electron chi connectivity index (χ0n) is 12.8. The first-order chi connectivity index (χ1) is 9.90. The molecule has 0 bridgehead atoms. The van der Waals surface area contributed by atoms with Gasteiger partial charge in [-0.1, -0.05) is 26.0 Å². The Labute approximate surface area is 124 Å². The smallest absolute Gasteiger partial charge is 0.385 e. The fourth-order valence-corrected chi connectivity index (χ4v) is 2.30. The van der Waals surface area contributed by atoms with Crippen LogP contribution in [0.3, 0.4) is 0 Å². The third-order valence-electron chi connectivity index (χ3n) is 3.56. The standard InChI is InChI=1S/C16H24F3NO/c1-4-10-20-15(12(2)9-11-21-3)13-5-7-14(8-6-13)16(17,18)19/h5-8,12,15,20H,4,9-11H2,1-3H3. The molecular formula is C16H24F3NO. The Balaban J connectivity index is 2.86.